The second kappa shape index (κ2) is 7.37. The summed E-state index contributed by atoms with van der Waals surface area (Å²) in [4.78, 5) is 12.2. The van der Waals surface area contributed by atoms with Crippen molar-refractivity contribution in [2.75, 3.05) is 6.54 Å². The van der Waals surface area contributed by atoms with Crippen LogP contribution in [0.4, 0.5) is 0 Å². The van der Waals surface area contributed by atoms with Crippen LogP contribution >= 0.6 is 11.6 Å². The first-order valence-electron chi connectivity index (χ1n) is 8.37. The van der Waals surface area contributed by atoms with Crippen LogP contribution in [-0.2, 0) is 16.8 Å². The Kier molecular flexibility index (Phi) is 5.22. The second-order valence-corrected chi connectivity index (χ2v) is 6.91. The first-order chi connectivity index (χ1) is 11.6. The molecule has 2 aromatic rings. The lowest BCUT2D eigenvalue weighted by atomic mass is 9.88. The quantitative estimate of drug-likeness (QED) is 0.805. The molecule has 0 unspecified atom stereocenters. The van der Waals surface area contributed by atoms with Gasteiger partial charge in [-0.25, -0.2) is 0 Å². The fourth-order valence-electron chi connectivity index (χ4n) is 3.04. The molecule has 0 heterocycles. The number of rotatable bonds is 7. The molecule has 0 bridgehead atoms. The van der Waals surface area contributed by atoms with Gasteiger partial charge in [0.25, 0.3) is 0 Å². The monoisotopic (exact) mass is 343 g/mol. The van der Waals surface area contributed by atoms with Crippen LogP contribution in [0.15, 0.2) is 54.6 Å². The SMILES string of the molecule is O=C(CCc1cccc(Cl)c1)NC[C@@](O)(c1ccccc1)C1CC1. The Labute approximate surface area is 147 Å². The van der Waals surface area contributed by atoms with Gasteiger partial charge in [0.05, 0.1) is 6.54 Å². The van der Waals surface area contributed by atoms with E-state index in [4.69, 9.17) is 11.6 Å². The van der Waals surface area contributed by atoms with Crippen LogP contribution in [0.25, 0.3) is 0 Å². The molecule has 0 aromatic heterocycles. The van der Waals surface area contributed by atoms with Crippen molar-refractivity contribution >= 4 is 17.5 Å². The van der Waals surface area contributed by atoms with Gasteiger partial charge in [-0.15, -0.1) is 0 Å². The Hall–Kier alpha value is -1.84. The summed E-state index contributed by atoms with van der Waals surface area (Å²) in [5.74, 6) is 0.179. The molecule has 1 saturated carbocycles. The molecule has 3 nitrogen and oxygen atoms in total. The molecule has 4 heteroatoms. The summed E-state index contributed by atoms with van der Waals surface area (Å²) in [5, 5.41) is 14.6. The van der Waals surface area contributed by atoms with Gasteiger partial charge < -0.3 is 10.4 Å². The highest BCUT2D eigenvalue weighted by atomic mass is 35.5. The summed E-state index contributed by atoms with van der Waals surface area (Å²) < 4.78 is 0. The van der Waals surface area contributed by atoms with Gasteiger partial charge in [0.15, 0.2) is 0 Å². The zero-order chi connectivity index (χ0) is 17.0. The third kappa shape index (κ3) is 4.16. The molecule has 2 N–H and O–H groups in total. The van der Waals surface area contributed by atoms with Gasteiger partial charge in [-0.1, -0.05) is 54.1 Å². The molecule has 1 aliphatic carbocycles. The van der Waals surface area contributed by atoms with E-state index in [9.17, 15) is 9.90 Å². The third-order valence-electron chi connectivity index (χ3n) is 4.61. The Balaban J connectivity index is 1.56. The van der Waals surface area contributed by atoms with E-state index in [1.165, 1.54) is 0 Å². The summed E-state index contributed by atoms with van der Waals surface area (Å²) in [6, 6.07) is 17.2. The number of benzene rings is 2. The van der Waals surface area contributed by atoms with E-state index in [0.29, 0.717) is 17.9 Å². The number of aliphatic hydroxyl groups is 1. The molecule has 24 heavy (non-hydrogen) atoms. The number of nitrogens with one attached hydrogen (secondary N) is 1. The Bertz CT molecular complexity index is 700. The lowest BCUT2D eigenvalue weighted by Gasteiger charge is -2.29. The normalized spacial score (nSPS) is 16.4. The van der Waals surface area contributed by atoms with Crippen LogP contribution in [0, 0.1) is 5.92 Å². The number of carbonyl (C=O) groups is 1. The molecule has 0 radical (unpaired) electrons. The van der Waals surface area contributed by atoms with Crippen LogP contribution in [0.2, 0.25) is 5.02 Å². The smallest absolute Gasteiger partial charge is 0.220 e. The number of amides is 1. The van der Waals surface area contributed by atoms with Crippen molar-refractivity contribution in [1.29, 1.82) is 0 Å². The van der Waals surface area contributed by atoms with E-state index >= 15 is 0 Å². The summed E-state index contributed by atoms with van der Waals surface area (Å²) in [5.41, 5.74) is 0.952. The molecule has 0 spiro atoms. The molecule has 1 aliphatic rings. The van der Waals surface area contributed by atoms with Gasteiger partial charge in [0.1, 0.15) is 5.60 Å². The Morgan fingerprint density at radius 1 is 1.17 bits per heavy atom. The highest BCUT2D eigenvalue weighted by Crippen LogP contribution is 2.45. The molecule has 3 rings (SSSR count). The zero-order valence-corrected chi connectivity index (χ0v) is 14.3. The lowest BCUT2D eigenvalue weighted by molar-refractivity contribution is -0.122. The van der Waals surface area contributed by atoms with Crippen molar-refractivity contribution in [3.63, 3.8) is 0 Å². The summed E-state index contributed by atoms with van der Waals surface area (Å²) in [6.45, 7) is 0.260. The van der Waals surface area contributed by atoms with Gasteiger partial charge in [0, 0.05) is 11.4 Å². The molecular formula is C20H22ClNO2. The average Bonchev–Trinajstić information content (AvgIpc) is 3.44. The van der Waals surface area contributed by atoms with E-state index in [2.05, 4.69) is 5.32 Å². The van der Waals surface area contributed by atoms with Gasteiger partial charge in [0.2, 0.25) is 5.91 Å². The minimum atomic E-state index is -0.965. The van der Waals surface area contributed by atoms with Crippen LogP contribution < -0.4 is 5.32 Å². The summed E-state index contributed by atoms with van der Waals surface area (Å²) in [6.07, 6.45) is 3.03. The van der Waals surface area contributed by atoms with Crippen LogP contribution in [0.5, 0.6) is 0 Å². The number of hydrogen-bond donors (Lipinski definition) is 2. The number of carbonyl (C=O) groups excluding carboxylic acids is 1. The molecule has 1 atom stereocenters. The van der Waals surface area contributed by atoms with E-state index in [-0.39, 0.29) is 18.4 Å². The lowest BCUT2D eigenvalue weighted by Crippen LogP contribution is -2.42. The minimum Gasteiger partial charge on any atom is -0.383 e. The standard InChI is InChI=1S/C20H22ClNO2/c21-18-8-4-5-15(13-18)9-12-19(23)22-14-20(24,17-10-11-17)16-6-2-1-3-7-16/h1-8,13,17,24H,9-12,14H2,(H,22,23)/t20-/m1/s1. The molecular weight excluding hydrogens is 322 g/mol. The van der Waals surface area contributed by atoms with Crippen molar-refractivity contribution in [3.8, 4) is 0 Å². The molecule has 126 valence electrons. The predicted octanol–water partition coefficient (Wildman–Crippen LogP) is 3.69. The highest BCUT2D eigenvalue weighted by molar-refractivity contribution is 6.30. The topological polar surface area (TPSA) is 49.3 Å². The van der Waals surface area contributed by atoms with Crippen molar-refractivity contribution in [3.05, 3.63) is 70.7 Å². The van der Waals surface area contributed by atoms with E-state index in [1.54, 1.807) is 0 Å². The molecule has 2 aromatic carbocycles. The number of hydrogen-bond acceptors (Lipinski definition) is 2. The van der Waals surface area contributed by atoms with Gasteiger partial charge in [-0.3, -0.25) is 4.79 Å². The average molecular weight is 344 g/mol. The Morgan fingerprint density at radius 2 is 1.92 bits per heavy atom. The summed E-state index contributed by atoms with van der Waals surface area (Å²) in [7, 11) is 0. The highest BCUT2D eigenvalue weighted by Gasteiger charge is 2.45. The van der Waals surface area contributed by atoms with Crippen LogP contribution in [-0.4, -0.2) is 17.6 Å². The molecule has 1 amide bonds. The third-order valence-corrected chi connectivity index (χ3v) is 4.85. The van der Waals surface area contributed by atoms with Crippen LogP contribution in [0.3, 0.4) is 0 Å². The van der Waals surface area contributed by atoms with Gasteiger partial charge in [-0.05, 0) is 48.4 Å². The summed E-state index contributed by atoms with van der Waals surface area (Å²) >= 11 is 5.96. The molecule has 0 saturated heterocycles. The van der Waals surface area contributed by atoms with Crippen molar-refractivity contribution in [2.45, 2.75) is 31.3 Å². The number of aryl methyl sites for hydroxylation is 1. The fourth-order valence-corrected chi connectivity index (χ4v) is 3.25. The van der Waals surface area contributed by atoms with E-state index in [0.717, 1.165) is 24.0 Å². The van der Waals surface area contributed by atoms with Gasteiger partial charge >= 0.3 is 0 Å². The first-order valence-corrected chi connectivity index (χ1v) is 8.75. The zero-order valence-electron chi connectivity index (χ0n) is 13.5. The van der Waals surface area contributed by atoms with Crippen molar-refractivity contribution in [2.24, 2.45) is 5.92 Å². The van der Waals surface area contributed by atoms with Crippen LogP contribution in [0.1, 0.15) is 30.4 Å². The van der Waals surface area contributed by atoms with Crippen molar-refractivity contribution in [1.82, 2.24) is 5.32 Å². The largest absolute Gasteiger partial charge is 0.383 e. The number of halogens is 1. The second-order valence-electron chi connectivity index (χ2n) is 6.47. The maximum Gasteiger partial charge on any atom is 0.220 e. The minimum absolute atomic E-state index is 0.0509. The van der Waals surface area contributed by atoms with Gasteiger partial charge in [-0.2, -0.15) is 0 Å². The van der Waals surface area contributed by atoms with E-state index < -0.39 is 5.60 Å². The first kappa shape index (κ1) is 17.0. The van der Waals surface area contributed by atoms with Crippen molar-refractivity contribution < 1.29 is 9.90 Å². The maximum atomic E-state index is 12.2. The molecule has 0 aliphatic heterocycles. The maximum absolute atomic E-state index is 12.2. The predicted molar refractivity (Wildman–Crippen MR) is 95.8 cm³/mol. The Morgan fingerprint density at radius 3 is 2.58 bits per heavy atom. The van der Waals surface area contributed by atoms with E-state index in [1.807, 2.05) is 54.6 Å². The molecule has 1 fully saturated rings. The fraction of sp³-hybridized carbons (Fsp3) is 0.350.